The SMILES string of the molecule is CCCOc1ccc(C2(c3ccc(OC)cc3)C=Cc3c4c(c5cc6c(cc5c3O2)SC(C(C)C)(C(C)C)O6)-c2ccccc2C42CCC(CC)(CC)CC2)cc1. The summed E-state index contributed by atoms with van der Waals surface area (Å²) < 4.78 is 26.7. The van der Waals surface area contributed by atoms with E-state index in [1.165, 1.54) is 63.8 Å². The topological polar surface area (TPSA) is 36.9 Å². The second-order valence-corrected chi connectivity index (χ2v) is 19.0. The second-order valence-electron chi connectivity index (χ2n) is 17.7. The Kier molecular flexibility index (Phi) is 9.50. The van der Waals surface area contributed by atoms with Gasteiger partial charge in [0, 0.05) is 39.3 Å². The summed E-state index contributed by atoms with van der Waals surface area (Å²) in [6.07, 6.45) is 12.9. The number of benzene rings is 5. The monoisotopic (exact) mass is 778 g/mol. The molecule has 4 nitrogen and oxygen atoms in total. The minimum atomic E-state index is -0.892. The van der Waals surface area contributed by atoms with Crippen molar-refractivity contribution in [3.05, 3.63) is 119 Å². The molecule has 0 radical (unpaired) electrons. The van der Waals surface area contributed by atoms with E-state index in [2.05, 4.69) is 133 Å². The number of hydrogen-bond donors (Lipinski definition) is 0. The molecule has 2 heterocycles. The van der Waals surface area contributed by atoms with Crippen molar-refractivity contribution in [1.82, 2.24) is 0 Å². The molecule has 5 aromatic rings. The number of thioether (sulfide) groups is 1. The Bertz CT molecular complexity index is 2330. The molecule has 5 heteroatoms. The molecule has 1 saturated carbocycles. The summed E-state index contributed by atoms with van der Waals surface area (Å²) >= 11 is 1.89. The fourth-order valence-electron chi connectivity index (χ4n) is 10.9. The molecule has 1 spiro atoms. The average Bonchev–Trinajstić information content (AvgIpc) is 3.78. The predicted octanol–water partition coefficient (Wildman–Crippen LogP) is 14.1. The summed E-state index contributed by atoms with van der Waals surface area (Å²) in [6, 6.07) is 31.0. The number of hydrogen-bond acceptors (Lipinski definition) is 5. The Morgan fingerprint density at radius 1 is 0.737 bits per heavy atom. The highest BCUT2D eigenvalue weighted by molar-refractivity contribution is 8.01. The average molecular weight is 779 g/mol. The fourth-order valence-corrected chi connectivity index (χ4v) is 12.2. The van der Waals surface area contributed by atoms with Crippen LogP contribution in [-0.4, -0.2) is 18.6 Å². The van der Waals surface area contributed by atoms with Gasteiger partial charge in [-0.1, -0.05) is 128 Å². The molecule has 296 valence electrons. The molecule has 9 rings (SSSR count). The molecule has 4 aliphatic rings. The predicted molar refractivity (Wildman–Crippen MR) is 236 cm³/mol. The molecule has 0 aromatic heterocycles. The van der Waals surface area contributed by atoms with Gasteiger partial charge in [-0.3, -0.25) is 0 Å². The van der Waals surface area contributed by atoms with E-state index in [4.69, 9.17) is 18.9 Å². The van der Waals surface area contributed by atoms with Crippen LogP contribution in [-0.2, 0) is 11.0 Å². The zero-order valence-corrected chi connectivity index (χ0v) is 35.9. The first-order chi connectivity index (χ1) is 27.6. The highest BCUT2D eigenvalue weighted by Crippen LogP contribution is 2.66. The smallest absolute Gasteiger partial charge is 0.178 e. The normalized spacial score (nSPS) is 20.5. The van der Waals surface area contributed by atoms with Gasteiger partial charge >= 0.3 is 0 Å². The number of rotatable bonds is 10. The van der Waals surface area contributed by atoms with Crippen molar-refractivity contribution < 1.29 is 18.9 Å². The van der Waals surface area contributed by atoms with Crippen LogP contribution in [0.15, 0.2) is 95.9 Å². The van der Waals surface area contributed by atoms with Gasteiger partial charge in [0.15, 0.2) is 10.5 Å². The van der Waals surface area contributed by atoms with E-state index in [-0.39, 0.29) is 10.3 Å². The third-order valence-electron chi connectivity index (χ3n) is 14.4. The van der Waals surface area contributed by atoms with E-state index < -0.39 is 5.60 Å². The van der Waals surface area contributed by atoms with Crippen LogP contribution < -0.4 is 18.9 Å². The number of methoxy groups -OCH3 is 1. The molecule has 57 heavy (non-hydrogen) atoms. The van der Waals surface area contributed by atoms with Gasteiger partial charge in [-0.2, -0.15) is 0 Å². The minimum absolute atomic E-state index is 0.0988. The summed E-state index contributed by atoms with van der Waals surface area (Å²) in [5.41, 5.74) is 8.39. The fraction of sp³-hybridized carbons (Fsp3) is 0.423. The van der Waals surface area contributed by atoms with Crippen molar-refractivity contribution >= 4 is 28.6 Å². The maximum Gasteiger partial charge on any atom is 0.178 e. The lowest BCUT2D eigenvalue weighted by atomic mass is 9.58. The summed E-state index contributed by atoms with van der Waals surface area (Å²) in [5.74, 6) is 4.29. The number of ether oxygens (including phenoxy) is 4. The van der Waals surface area contributed by atoms with Crippen molar-refractivity contribution in [2.24, 2.45) is 17.3 Å². The zero-order chi connectivity index (χ0) is 39.7. The van der Waals surface area contributed by atoms with Crippen LogP contribution in [0.2, 0.25) is 0 Å². The van der Waals surface area contributed by atoms with Gasteiger partial charge in [0.1, 0.15) is 23.0 Å². The van der Waals surface area contributed by atoms with Gasteiger partial charge in [-0.15, -0.1) is 0 Å². The van der Waals surface area contributed by atoms with Gasteiger partial charge < -0.3 is 18.9 Å². The van der Waals surface area contributed by atoms with Crippen LogP contribution >= 0.6 is 11.8 Å². The van der Waals surface area contributed by atoms with Crippen LogP contribution in [0.25, 0.3) is 28.0 Å². The third kappa shape index (κ3) is 5.69. The van der Waals surface area contributed by atoms with Crippen LogP contribution in [0.1, 0.15) is 121 Å². The van der Waals surface area contributed by atoms with Crippen LogP contribution in [0.5, 0.6) is 23.0 Å². The zero-order valence-electron chi connectivity index (χ0n) is 35.1. The Morgan fingerprint density at radius 2 is 1.39 bits per heavy atom. The van der Waals surface area contributed by atoms with Crippen LogP contribution in [0.3, 0.4) is 0 Å². The van der Waals surface area contributed by atoms with E-state index in [0.717, 1.165) is 58.8 Å². The van der Waals surface area contributed by atoms with E-state index >= 15 is 0 Å². The Hall–Kier alpha value is -4.35. The molecule has 1 atom stereocenters. The molecular weight excluding hydrogens is 721 g/mol. The Balaban J connectivity index is 1.32. The van der Waals surface area contributed by atoms with Crippen molar-refractivity contribution in [3.8, 4) is 34.1 Å². The highest BCUT2D eigenvalue weighted by Gasteiger charge is 2.52. The lowest BCUT2D eigenvalue weighted by molar-refractivity contribution is 0.0757. The summed E-state index contributed by atoms with van der Waals surface area (Å²) in [4.78, 5) is 0.844. The highest BCUT2D eigenvalue weighted by atomic mass is 32.2. The Morgan fingerprint density at radius 3 is 2.00 bits per heavy atom. The van der Waals surface area contributed by atoms with Crippen molar-refractivity contribution in [2.45, 2.75) is 114 Å². The van der Waals surface area contributed by atoms with E-state index in [1.54, 1.807) is 7.11 Å². The van der Waals surface area contributed by atoms with E-state index in [1.807, 2.05) is 23.9 Å². The van der Waals surface area contributed by atoms with Gasteiger partial charge in [0.05, 0.1) is 18.6 Å². The van der Waals surface area contributed by atoms with Crippen molar-refractivity contribution in [1.29, 1.82) is 0 Å². The van der Waals surface area contributed by atoms with Gasteiger partial charge in [-0.25, -0.2) is 0 Å². The molecule has 2 aliphatic heterocycles. The first-order valence-corrected chi connectivity index (χ1v) is 22.3. The molecule has 2 aliphatic carbocycles. The molecule has 0 N–H and O–H groups in total. The van der Waals surface area contributed by atoms with E-state index in [9.17, 15) is 0 Å². The summed E-state index contributed by atoms with van der Waals surface area (Å²) in [5, 5.41) is 2.37. The molecule has 1 fully saturated rings. The first-order valence-electron chi connectivity index (χ1n) is 21.5. The summed E-state index contributed by atoms with van der Waals surface area (Å²) in [7, 11) is 1.72. The molecule has 0 bridgehead atoms. The third-order valence-corrected chi connectivity index (χ3v) is 16.3. The van der Waals surface area contributed by atoms with Gasteiger partial charge in [0.2, 0.25) is 0 Å². The first kappa shape index (κ1) is 38.2. The van der Waals surface area contributed by atoms with Crippen molar-refractivity contribution in [3.63, 3.8) is 0 Å². The summed E-state index contributed by atoms with van der Waals surface area (Å²) in [6.45, 7) is 16.8. The molecule has 0 saturated heterocycles. The van der Waals surface area contributed by atoms with Gasteiger partial charge in [0.25, 0.3) is 0 Å². The quantitative estimate of drug-likeness (QED) is 0.141. The van der Waals surface area contributed by atoms with E-state index in [0.29, 0.717) is 23.9 Å². The standard InChI is InChI=1S/C52H58O4S/c1-9-30-54-38-22-18-36(19-23-38)51(35-16-20-37(53-8)21-17-35)25-24-40-47-46(39-14-12-13-15-43(39)50(47)28-26-49(10-2,11-3)27-29-50)41-31-44-45(32-42(41)48(40)56-51)57-52(55-44,33(4)5)34(6)7/h12-25,31-34H,9-11,26-30H2,1-8H3. The molecule has 5 aromatic carbocycles. The maximum absolute atomic E-state index is 7.83. The lowest BCUT2D eigenvalue weighted by Crippen LogP contribution is -2.40. The maximum atomic E-state index is 7.83. The second kappa shape index (κ2) is 14.2. The molecule has 0 amide bonds. The molecule has 1 unspecified atom stereocenters. The molecular formula is C52H58O4S. The van der Waals surface area contributed by atoms with Gasteiger partial charge in [-0.05, 0) is 108 Å². The van der Waals surface area contributed by atoms with Crippen LogP contribution in [0.4, 0.5) is 0 Å². The Labute approximate surface area is 344 Å². The van der Waals surface area contributed by atoms with Crippen LogP contribution in [0, 0.1) is 17.3 Å². The lowest BCUT2D eigenvalue weighted by Gasteiger charge is -2.47. The minimum Gasteiger partial charge on any atom is -0.497 e. The largest absolute Gasteiger partial charge is 0.497 e. The number of fused-ring (bicyclic) bond motifs is 11. The van der Waals surface area contributed by atoms with Crippen molar-refractivity contribution in [2.75, 3.05) is 13.7 Å².